The molecule has 0 spiro atoms. The molecule has 0 N–H and O–H groups in total. The highest BCUT2D eigenvalue weighted by Gasteiger charge is 2.39. The zero-order valence-electron chi connectivity index (χ0n) is 14.2. The summed E-state index contributed by atoms with van der Waals surface area (Å²) in [6.07, 6.45) is 2.09. The van der Waals surface area contributed by atoms with E-state index in [9.17, 15) is 4.79 Å². The number of aryl methyl sites for hydroxylation is 1. The number of rotatable bonds is 3. The van der Waals surface area contributed by atoms with E-state index < -0.39 is 0 Å². The van der Waals surface area contributed by atoms with Crippen LogP contribution in [0.5, 0.6) is 0 Å². The van der Waals surface area contributed by atoms with Gasteiger partial charge in [0.25, 0.3) is 0 Å². The predicted octanol–water partition coefficient (Wildman–Crippen LogP) is 3.59. The Morgan fingerprint density at radius 2 is 1.67 bits per heavy atom. The normalized spacial score (nSPS) is 24.7. The molecule has 0 aromatic heterocycles. The summed E-state index contributed by atoms with van der Waals surface area (Å²) in [7, 11) is 0. The summed E-state index contributed by atoms with van der Waals surface area (Å²) in [4.78, 5) is 17.3. The zero-order valence-corrected chi connectivity index (χ0v) is 14.2. The molecule has 0 bridgehead atoms. The fourth-order valence-electron chi connectivity index (χ4n) is 4.05. The lowest BCUT2D eigenvalue weighted by Gasteiger charge is -2.23. The standard InChI is InChI=1S/C21H24N2O/c1-16-7-9-19(10-8-16)23-14-12-20(21(23)24)22-13-11-18(15-22)17-5-3-2-4-6-17/h2-10,18,20H,11-15H2,1H3. The first-order valence-corrected chi connectivity index (χ1v) is 8.89. The summed E-state index contributed by atoms with van der Waals surface area (Å²) in [5.74, 6) is 0.833. The van der Waals surface area contributed by atoms with Crippen LogP contribution in [0.4, 0.5) is 5.69 Å². The first-order valence-electron chi connectivity index (χ1n) is 8.89. The lowest BCUT2D eigenvalue weighted by atomic mass is 9.99. The summed E-state index contributed by atoms with van der Waals surface area (Å²) < 4.78 is 0. The molecule has 2 heterocycles. The second-order valence-corrected chi connectivity index (χ2v) is 7.02. The van der Waals surface area contributed by atoms with Crippen LogP contribution in [0.25, 0.3) is 0 Å². The van der Waals surface area contributed by atoms with Crippen LogP contribution in [0.2, 0.25) is 0 Å². The summed E-state index contributed by atoms with van der Waals surface area (Å²) in [6, 6.07) is 19.0. The van der Waals surface area contributed by atoms with Gasteiger partial charge in [0, 0.05) is 18.8 Å². The Morgan fingerprint density at radius 3 is 2.42 bits per heavy atom. The Balaban J connectivity index is 1.45. The minimum atomic E-state index is 0.0556. The van der Waals surface area contributed by atoms with Crippen LogP contribution >= 0.6 is 0 Å². The van der Waals surface area contributed by atoms with Crippen LogP contribution < -0.4 is 4.90 Å². The summed E-state index contributed by atoms with van der Waals surface area (Å²) in [5.41, 5.74) is 3.67. The highest BCUT2D eigenvalue weighted by molar-refractivity contribution is 5.99. The second-order valence-electron chi connectivity index (χ2n) is 7.02. The maximum atomic E-state index is 12.9. The number of carbonyl (C=O) groups excluding carboxylic acids is 1. The van der Waals surface area contributed by atoms with Gasteiger partial charge in [-0.1, -0.05) is 48.0 Å². The molecular weight excluding hydrogens is 296 g/mol. The molecule has 1 amide bonds. The lowest BCUT2D eigenvalue weighted by Crippen LogP contribution is -2.40. The van der Waals surface area contributed by atoms with Gasteiger partial charge in [-0.25, -0.2) is 0 Å². The molecule has 2 unspecified atom stereocenters. The molecule has 2 saturated heterocycles. The van der Waals surface area contributed by atoms with Crippen molar-refractivity contribution in [3.8, 4) is 0 Å². The van der Waals surface area contributed by atoms with Crippen molar-refractivity contribution in [3.63, 3.8) is 0 Å². The van der Waals surface area contributed by atoms with Gasteiger partial charge < -0.3 is 4.90 Å². The van der Waals surface area contributed by atoms with E-state index >= 15 is 0 Å². The van der Waals surface area contributed by atoms with Crippen LogP contribution in [-0.2, 0) is 4.79 Å². The van der Waals surface area contributed by atoms with E-state index in [0.717, 1.165) is 38.2 Å². The van der Waals surface area contributed by atoms with Gasteiger partial charge in [-0.05, 0) is 49.9 Å². The van der Waals surface area contributed by atoms with Crippen molar-refractivity contribution in [2.45, 2.75) is 31.7 Å². The average Bonchev–Trinajstić information content (AvgIpc) is 3.23. The third-order valence-corrected chi connectivity index (χ3v) is 5.45. The molecule has 24 heavy (non-hydrogen) atoms. The van der Waals surface area contributed by atoms with E-state index in [-0.39, 0.29) is 11.9 Å². The Labute approximate surface area is 143 Å². The van der Waals surface area contributed by atoms with Gasteiger partial charge in [-0.2, -0.15) is 0 Å². The van der Waals surface area contributed by atoms with E-state index in [1.165, 1.54) is 11.1 Å². The first-order chi connectivity index (χ1) is 11.7. The summed E-state index contributed by atoms with van der Waals surface area (Å²) >= 11 is 0. The van der Waals surface area contributed by atoms with E-state index in [1.807, 2.05) is 4.90 Å². The number of hydrogen-bond acceptors (Lipinski definition) is 2. The Bertz CT molecular complexity index is 710. The maximum absolute atomic E-state index is 12.9. The number of likely N-dealkylation sites (tertiary alicyclic amines) is 1. The van der Waals surface area contributed by atoms with Crippen molar-refractivity contribution in [2.24, 2.45) is 0 Å². The molecule has 2 atom stereocenters. The fourth-order valence-corrected chi connectivity index (χ4v) is 4.05. The summed E-state index contributed by atoms with van der Waals surface area (Å²) in [6.45, 7) is 4.94. The number of nitrogens with zero attached hydrogens (tertiary/aromatic N) is 2. The molecule has 3 nitrogen and oxygen atoms in total. The quantitative estimate of drug-likeness (QED) is 0.863. The zero-order chi connectivity index (χ0) is 16.5. The molecule has 2 fully saturated rings. The topological polar surface area (TPSA) is 23.6 Å². The monoisotopic (exact) mass is 320 g/mol. The minimum Gasteiger partial charge on any atom is -0.311 e. The minimum absolute atomic E-state index is 0.0556. The molecule has 2 aliphatic rings. The van der Waals surface area contributed by atoms with Gasteiger partial charge in [0.05, 0.1) is 6.04 Å². The maximum Gasteiger partial charge on any atom is 0.244 e. The van der Waals surface area contributed by atoms with Gasteiger partial charge >= 0.3 is 0 Å². The van der Waals surface area contributed by atoms with Crippen molar-refractivity contribution in [3.05, 3.63) is 65.7 Å². The average molecular weight is 320 g/mol. The van der Waals surface area contributed by atoms with Crippen molar-refractivity contribution < 1.29 is 4.79 Å². The summed E-state index contributed by atoms with van der Waals surface area (Å²) in [5, 5.41) is 0. The molecule has 2 aromatic carbocycles. The van der Waals surface area contributed by atoms with E-state index in [4.69, 9.17) is 0 Å². The second kappa shape index (κ2) is 6.40. The number of carbonyl (C=O) groups is 1. The highest BCUT2D eigenvalue weighted by atomic mass is 16.2. The third-order valence-electron chi connectivity index (χ3n) is 5.45. The lowest BCUT2D eigenvalue weighted by molar-refractivity contribution is -0.121. The van der Waals surface area contributed by atoms with Gasteiger partial charge in [0.1, 0.15) is 0 Å². The van der Waals surface area contributed by atoms with Crippen molar-refractivity contribution in [1.82, 2.24) is 4.90 Å². The number of anilines is 1. The smallest absolute Gasteiger partial charge is 0.244 e. The van der Waals surface area contributed by atoms with Crippen LogP contribution in [-0.4, -0.2) is 36.5 Å². The fraction of sp³-hybridized carbons (Fsp3) is 0.381. The molecule has 2 aliphatic heterocycles. The van der Waals surface area contributed by atoms with Crippen molar-refractivity contribution in [1.29, 1.82) is 0 Å². The largest absolute Gasteiger partial charge is 0.311 e. The molecule has 4 rings (SSSR count). The van der Waals surface area contributed by atoms with Gasteiger partial charge in [0.2, 0.25) is 5.91 Å². The van der Waals surface area contributed by atoms with Gasteiger partial charge in [-0.3, -0.25) is 9.69 Å². The third kappa shape index (κ3) is 2.84. The molecule has 0 saturated carbocycles. The molecule has 0 radical (unpaired) electrons. The number of hydrogen-bond donors (Lipinski definition) is 0. The van der Waals surface area contributed by atoms with Crippen LogP contribution in [0.1, 0.15) is 29.9 Å². The SMILES string of the molecule is Cc1ccc(N2CCC(N3CCC(c4ccccc4)C3)C2=O)cc1. The van der Waals surface area contributed by atoms with Crippen LogP contribution in [0, 0.1) is 6.92 Å². The first kappa shape index (κ1) is 15.4. The van der Waals surface area contributed by atoms with E-state index in [1.54, 1.807) is 0 Å². The highest BCUT2D eigenvalue weighted by Crippen LogP contribution is 2.32. The van der Waals surface area contributed by atoms with Gasteiger partial charge in [-0.15, -0.1) is 0 Å². The number of benzene rings is 2. The Kier molecular flexibility index (Phi) is 4.11. The Morgan fingerprint density at radius 1 is 0.917 bits per heavy atom. The van der Waals surface area contributed by atoms with Gasteiger partial charge in [0.15, 0.2) is 0 Å². The van der Waals surface area contributed by atoms with Crippen molar-refractivity contribution in [2.75, 3.05) is 24.5 Å². The molecule has 124 valence electrons. The van der Waals surface area contributed by atoms with Crippen LogP contribution in [0.3, 0.4) is 0 Å². The molecule has 3 heteroatoms. The molecule has 2 aromatic rings. The number of amides is 1. The Hall–Kier alpha value is -2.13. The van der Waals surface area contributed by atoms with Crippen LogP contribution in [0.15, 0.2) is 54.6 Å². The molecular formula is C21H24N2O. The van der Waals surface area contributed by atoms with E-state index in [0.29, 0.717) is 5.92 Å². The van der Waals surface area contributed by atoms with E-state index in [2.05, 4.69) is 66.4 Å². The predicted molar refractivity (Wildman–Crippen MR) is 97.3 cm³/mol. The van der Waals surface area contributed by atoms with Crippen molar-refractivity contribution >= 4 is 11.6 Å². The molecule has 0 aliphatic carbocycles.